The van der Waals surface area contributed by atoms with Crippen molar-refractivity contribution in [1.82, 2.24) is 19.9 Å². The van der Waals surface area contributed by atoms with Crippen LogP contribution >= 0.6 is 0 Å². The number of anilines is 1. The number of nitrogens with one attached hydrogen (secondary N) is 1. The summed E-state index contributed by atoms with van der Waals surface area (Å²) in [7, 11) is 0. The van der Waals surface area contributed by atoms with Gasteiger partial charge in [-0.3, -0.25) is 4.79 Å². The zero-order valence-corrected chi connectivity index (χ0v) is 11.3. The number of carbonyl (C=O) groups excluding carboxylic acids is 1. The molecule has 0 saturated heterocycles. The molecule has 0 aromatic carbocycles. The first-order valence-corrected chi connectivity index (χ1v) is 6.69. The highest BCUT2D eigenvalue weighted by Crippen LogP contribution is 2.25. The Morgan fingerprint density at radius 1 is 1.55 bits per heavy atom. The van der Waals surface area contributed by atoms with Gasteiger partial charge in [0.25, 0.3) is 0 Å². The number of nitrogens with zero attached hydrogens (tertiary/aromatic N) is 3. The molecule has 104 valence electrons. The Balaban J connectivity index is 1.87. The maximum atomic E-state index is 12.1. The first kappa shape index (κ1) is 12.7. The minimum absolute atomic E-state index is 0.0220. The lowest BCUT2D eigenvalue weighted by Crippen LogP contribution is -2.32. The largest absolute Gasteiger partial charge is 0.384 e. The zero-order chi connectivity index (χ0) is 14.1. The molecule has 1 unspecified atom stereocenters. The standard InChI is InChI=1S/C14H17N5O/c1-9(14(20)18-11-2-3-11)19-8-16-7-12(19)10-4-5-17-13(15)6-10/h4-9,11H,2-3H2,1H3,(H2,15,17)(H,18,20). The third kappa shape index (κ3) is 2.49. The average Bonchev–Trinajstić information content (AvgIpc) is 3.11. The van der Waals surface area contributed by atoms with Crippen molar-refractivity contribution in [2.75, 3.05) is 5.73 Å². The third-order valence-electron chi connectivity index (χ3n) is 3.46. The summed E-state index contributed by atoms with van der Waals surface area (Å²) < 4.78 is 1.85. The van der Waals surface area contributed by atoms with E-state index >= 15 is 0 Å². The molecule has 0 bridgehead atoms. The maximum absolute atomic E-state index is 12.1. The van der Waals surface area contributed by atoms with Crippen LogP contribution in [0.2, 0.25) is 0 Å². The van der Waals surface area contributed by atoms with Crippen LogP contribution in [0.5, 0.6) is 0 Å². The number of pyridine rings is 1. The second-order valence-corrected chi connectivity index (χ2v) is 5.11. The summed E-state index contributed by atoms with van der Waals surface area (Å²) in [6.07, 6.45) is 7.21. The Bertz CT molecular complexity index is 632. The van der Waals surface area contributed by atoms with Crippen molar-refractivity contribution in [2.24, 2.45) is 0 Å². The van der Waals surface area contributed by atoms with Crippen LogP contribution in [0.3, 0.4) is 0 Å². The van der Waals surface area contributed by atoms with Crippen LogP contribution in [0.15, 0.2) is 30.9 Å². The number of aromatic nitrogens is 3. The van der Waals surface area contributed by atoms with E-state index in [1.807, 2.05) is 17.6 Å². The van der Waals surface area contributed by atoms with Crippen LogP contribution < -0.4 is 11.1 Å². The number of nitrogen functional groups attached to an aromatic ring is 1. The number of hydrogen-bond acceptors (Lipinski definition) is 4. The normalized spacial score (nSPS) is 15.8. The number of nitrogens with two attached hydrogens (primary N) is 1. The highest BCUT2D eigenvalue weighted by molar-refractivity contribution is 5.81. The topological polar surface area (TPSA) is 85.8 Å². The minimum Gasteiger partial charge on any atom is -0.384 e. The van der Waals surface area contributed by atoms with Crippen LogP contribution in [-0.2, 0) is 4.79 Å². The predicted molar refractivity (Wildman–Crippen MR) is 75.7 cm³/mol. The van der Waals surface area contributed by atoms with E-state index in [9.17, 15) is 4.79 Å². The van der Waals surface area contributed by atoms with Gasteiger partial charge in [0.2, 0.25) is 5.91 Å². The van der Waals surface area contributed by atoms with Crippen LogP contribution in [-0.4, -0.2) is 26.5 Å². The van der Waals surface area contributed by atoms with E-state index in [0.717, 1.165) is 24.1 Å². The summed E-state index contributed by atoms with van der Waals surface area (Å²) in [5.41, 5.74) is 7.47. The third-order valence-corrected chi connectivity index (χ3v) is 3.46. The molecule has 1 fully saturated rings. The molecule has 0 radical (unpaired) electrons. The lowest BCUT2D eigenvalue weighted by molar-refractivity contribution is -0.124. The molecule has 2 aromatic rings. The van der Waals surface area contributed by atoms with Crippen LogP contribution in [0.4, 0.5) is 5.82 Å². The highest BCUT2D eigenvalue weighted by atomic mass is 16.2. The Hall–Kier alpha value is -2.37. The van der Waals surface area contributed by atoms with Gasteiger partial charge in [-0.05, 0) is 31.9 Å². The Labute approximate surface area is 117 Å². The van der Waals surface area contributed by atoms with Crippen molar-refractivity contribution < 1.29 is 4.79 Å². The van der Waals surface area contributed by atoms with Gasteiger partial charge >= 0.3 is 0 Å². The fourth-order valence-electron chi connectivity index (χ4n) is 2.12. The second kappa shape index (κ2) is 4.96. The van der Waals surface area contributed by atoms with Gasteiger partial charge in [0, 0.05) is 17.8 Å². The lowest BCUT2D eigenvalue weighted by Gasteiger charge is -2.16. The fraction of sp³-hybridized carbons (Fsp3) is 0.357. The van der Waals surface area contributed by atoms with Gasteiger partial charge in [0.1, 0.15) is 11.9 Å². The van der Waals surface area contributed by atoms with E-state index in [-0.39, 0.29) is 11.9 Å². The summed E-state index contributed by atoms with van der Waals surface area (Å²) in [5.74, 6) is 0.471. The molecule has 6 heteroatoms. The Morgan fingerprint density at radius 2 is 2.35 bits per heavy atom. The van der Waals surface area contributed by atoms with Crippen molar-refractivity contribution >= 4 is 11.7 Å². The zero-order valence-electron chi connectivity index (χ0n) is 11.3. The van der Waals surface area contributed by atoms with Crippen LogP contribution in [0.25, 0.3) is 11.3 Å². The van der Waals surface area contributed by atoms with E-state index in [4.69, 9.17) is 5.73 Å². The van der Waals surface area contributed by atoms with E-state index in [1.54, 1.807) is 24.8 Å². The number of rotatable bonds is 4. The average molecular weight is 271 g/mol. The number of amides is 1. The van der Waals surface area contributed by atoms with E-state index in [1.165, 1.54) is 0 Å². The molecule has 1 atom stereocenters. The molecule has 3 N–H and O–H groups in total. The highest BCUT2D eigenvalue weighted by Gasteiger charge is 2.27. The van der Waals surface area contributed by atoms with Gasteiger partial charge in [-0.2, -0.15) is 0 Å². The monoisotopic (exact) mass is 271 g/mol. The minimum atomic E-state index is -0.303. The smallest absolute Gasteiger partial charge is 0.243 e. The maximum Gasteiger partial charge on any atom is 0.243 e. The molecule has 1 aliphatic rings. The summed E-state index contributed by atoms with van der Waals surface area (Å²) >= 11 is 0. The number of hydrogen-bond donors (Lipinski definition) is 2. The molecule has 3 rings (SSSR count). The van der Waals surface area contributed by atoms with Crippen molar-refractivity contribution in [1.29, 1.82) is 0 Å². The SMILES string of the molecule is CC(C(=O)NC1CC1)n1cncc1-c1ccnc(N)c1. The van der Waals surface area contributed by atoms with Gasteiger partial charge in [-0.15, -0.1) is 0 Å². The van der Waals surface area contributed by atoms with Crippen molar-refractivity contribution in [3.63, 3.8) is 0 Å². The van der Waals surface area contributed by atoms with E-state index in [0.29, 0.717) is 11.9 Å². The van der Waals surface area contributed by atoms with Crippen molar-refractivity contribution in [3.8, 4) is 11.3 Å². The van der Waals surface area contributed by atoms with Gasteiger partial charge in [0.15, 0.2) is 0 Å². The lowest BCUT2D eigenvalue weighted by atomic mass is 10.2. The predicted octanol–water partition coefficient (Wildman–Crippen LogP) is 1.37. The molecule has 6 nitrogen and oxygen atoms in total. The molecule has 0 spiro atoms. The first-order chi connectivity index (χ1) is 9.65. The van der Waals surface area contributed by atoms with E-state index in [2.05, 4.69) is 15.3 Å². The van der Waals surface area contributed by atoms with Crippen LogP contribution in [0, 0.1) is 0 Å². The summed E-state index contributed by atoms with van der Waals surface area (Å²) in [5, 5.41) is 3.01. The van der Waals surface area contributed by atoms with Gasteiger partial charge < -0.3 is 15.6 Å². The molecular weight excluding hydrogens is 254 g/mol. The quantitative estimate of drug-likeness (QED) is 0.879. The molecule has 1 amide bonds. The molecule has 20 heavy (non-hydrogen) atoms. The fourth-order valence-corrected chi connectivity index (χ4v) is 2.12. The Kier molecular flexibility index (Phi) is 3.14. The summed E-state index contributed by atoms with van der Waals surface area (Å²) in [4.78, 5) is 20.3. The number of carbonyl (C=O) groups is 1. The molecule has 1 aliphatic carbocycles. The van der Waals surface area contributed by atoms with E-state index < -0.39 is 0 Å². The van der Waals surface area contributed by atoms with Gasteiger partial charge in [-0.25, -0.2) is 9.97 Å². The molecule has 1 saturated carbocycles. The van der Waals surface area contributed by atoms with Crippen molar-refractivity contribution in [2.45, 2.75) is 31.8 Å². The molecule has 2 aromatic heterocycles. The first-order valence-electron chi connectivity index (χ1n) is 6.69. The molecule has 0 aliphatic heterocycles. The number of imidazole rings is 1. The second-order valence-electron chi connectivity index (χ2n) is 5.11. The van der Waals surface area contributed by atoms with Crippen molar-refractivity contribution in [3.05, 3.63) is 30.9 Å². The molecule has 2 heterocycles. The van der Waals surface area contributed by atoms with Crippen LogP contribution in [0.1, 0.15) is 25.8 Å². The van der Waals surface area contributed by atoms with Gasteiger partial charge in [-0.1, -0.05) is 0 Å². The molecular formula is C14H17N5O. The summed E-state index contributed by atoms with van der Waals surface area (Å²) in [6, 6.07) is 3.69. The van der Waals surface area contributed by atoms with Gasteiger partial charge in [0.05, 0.1) is 18.2 Å². The Morgan fingerprint density at radius 3 is 3.05 bits per heavy atom. The summed E-state index contributed by atoms with van der Waals surface area (Å²) in [6.45, 7) is 1.87.